The first-order valence-corrected chi connectivity index (χ1v) is 8.80. The molecule has 5 nitrogen and oxygen atoms in total. The average molecular weight is 329 g/mol. The molecule has 7 heteroatoms. The lowest BCUT2D eigenvalue weighted by Crippen LogP contribution is -2.03. The number of nitrogens with zero attached hydrogens (tertiary/aromatic N) is 2. The SMILES string of the molecule is Cc1cc(OCc2ccn(C(C)C)n2)ccc1S(=O)(=O)Cl. The molecule has 0 bridgehead atoms. The Morgan fingerprint density at radius 2 is 2.05 bits per heavy atom. The van der Waals surface area contributed by atoms with Gasteiger partial charge in [0.25, 0.3) is 9.05 Å². The zero-order chi connectivity index (χ0) is 15.6. The van der Waals surface area contributed by atoms with Crippen molar-refractivity contribution in [1.29, 1.82) is 0 Å². The van der Waals surface area contributed by atoms with Crippen molar-refractivity contribution in [2.45, 2.75) is 38.3 Å². The number of aromatic nitrogens is 2. The van der Waals surface area contributed by atoms with Gasteiger partial charge in [-0.05, 0) is 50.6 Å². The van der Waals surface area contributed by atoms with E-state index in [2.05, 4.69) is 5.10 Å². The van der Waals surface area contributed by atoms with Crippen LogP contribution < -0.4 is 4.74 Å². The molecule has 2 rings (SSSR count). The summed E-state index contributed by atoms with van der Waals surface area (Å²) in [5, 5.41) is 4.38. The van der Waals surface area contributed by atoms with Crippen molar-refractivity contribution < 1.29 is 13.2 Å². The van der Waals surface area contributed by atoms with Crippen LogP contribution in [0.2, 0.25) is 0 Å². The Labute approximate surface area is 128 Å². The number of hydrogen-bond acceptors (Lipinski definition) is 4. The molecule has 0 atom stereocenters. The van der Waals surface area contributed by atoms with Gasteiger partial charge in [0, 0.05) is 22.9 Å². The summed E-state index contributed by atoms with van der Waals surface area (Å²) < 4.78 is 30.1. The predicted molar refractivity (Wildman–Crippen MR) is 81.2 cm³/mol. The van der Waals surface area contributed by atoms with Crippen molar-refractivity contribution in [3.05, 3.63) is 41.7 Å². The van der Waals surface area contributed by atoms with E-state index in [1.54, 1.807) is 19.1 Å². The van der Waals surface area contributed by atoms with Crippen molar-refractivity contribution in [3.8, 4) is 5.75 Å². The topological polar surface area (TPSA) is 61.2 Å². The normalized spacial score (nSPS) is 11.9. The largest absolute Gasteiger partial charge is 0.487 e. The van der Waals surface area contributed by atoms with Crippen LogP contribution in [0.3, 0.4) is 0 Å². The lowest BCUT2D eigenvalue weighted by molar-refractivity contribution is 0.298. The van der Waals surface area contributed by atoms with Gasteiger partial charge in [-0.3, -0.25) is 4.68 Å². The lowest BCUT2D eigenvalue weighted by Gasteiger charge is -2.08. The Morgan fingerprint density at radius 3 is 2.57 bits per heavy atom. The van der Waals surface area contributed by atoms with E-state index in [9.17, 15) is 8.42 Å². The van der Waals surface area contributed by atoms with Gasteiger partial charge in [0.1, 0.15) is 12.4 Å². The Balaban J connectivity index is 2.08. The van der Waals surface area contributed by atoms with E-state index in [1.165, 1.54) is 6.07 Å². The van der Waals surface area contributed by atoms with Gasteiger partial charge in [0.15, 0.2) is 0 Å². The molecule has 21 heavy (non-hydrogen) atoms. The van der Waals surface area contributed by atoms with Crippen LogP contribution in [-0.2, 0) is 15.7 Å². The van der Waals surface area contributed by atoms with Crippen molar-refractivity contribution in [1.82, 2.24) is 9.78 Å². The molecule has 0 aliphatic rings. The highest BCUT2D eigenvalue weighted by atomic mass is 35.7. The highest BCUT2D eigenvalue weighted by Gasteiger charge is 2.13. The second-order valence-corrected chi connectivity index (χ2v) is 7.57. The van der Waals surface area contributed by atoms with Gasteiger partial charge in [-0.25, -0.2) is 8.42 Å². The molecule has 0 radical (unpaired) electrons. The van der Waals surface area contributed by atoms with Crippen LogP contribution in [0, 0.1) is 6.92 Å². The van der Waals surface area contributed by atoms with E-state index < -0.39 is 9.05 Å². The summed E-state index contributed by atoms with van der Waals surface area (Å²) in [5.41, 5.74) is 1.37. The Kier molecular flexibility index (Phi) is 4.58. The van der Waals surface area contributed by atoms with E-state index in [4.69, 9.17) is 15.4 Å². The maximum atomic E-state index is 11.3. The van der Waals surface area contributed by atoms with Gasteiger partial charge < -0.3 is 4.74 Å². The second-order valence-electron chi connectivity index (χ2n) is 5.03. The van der Waals surface area contributed by atoms with Crippen LogP contribution in [0.5, 0.6) is 5.75 Å². The summed E-state index contributed by atoms with van der Waals surface area (Å²) in [4.78, 5) is 0.0978. The Morgan fingerprint density at radius 1 is 1.33 bits per heavy atom. The maximum absolute atomic E-state index is 11.3. The van der Waals surface area contributed by atoms with Gasteiger partial charge in [0.2, 0.25) is 0 Å². The molecular formula is C14H17ClN2O3S. The Hall–Kier alpha value is -1.53. The fourth-order valence-corrected chi connectivity index (χ4v) is 3.08. The van der Waals surface area contributed by atoms with Crippen molar-refractivity contribution in [3.63, 3.8) is 0 Å². The van der Waals surface area contributed by atoms with E-state index >= 15 is 0 Å². The van der Waals surface area contributed by atoms with Crippen LogP contribution in [0.4, 0.5) is 0 Å². The molecule has 0 N–H and O–H groups in total. The van der Waals surface area contributed by atoms with Crippen LogP contribution in [0.15, 0.2) is 35.4 Å². The van der Waals surface area contributed by atoms with Crippen molar-refractivity contribution in [2.75, 3.05) is 0 Å². The third kappa shape index (κ3) is 3.98. The van der Waals surface area contributed by atoms with Crippen molar-refractivity contribution >= 4 is 19.7 Å². The molecule has 0 spiro atoms. The van der Waals surface area contributed by atoms with Gasteiger partial charge >= 0.3 is 0 Å². The first-order chi connectivity index (χ1) is 9.77. The van der Waals surface area contributed by atoms with Gasteiger partial charge in [-0.15, -0.1) is 0 Å². The fraction of sp³-hybridized carbons (Fsp3) is 0.357. The van der Waals surface area contributed by atoms with E-state index in [0.717, 1.165) is 5.69 Å². The summed E-state index contributed by atoms with van der Waals surface area (Å²) in [6.07, 6.45) is 1.90. The molecule has 2 aromatic rings. The maximum Gasteiger partial charge on any atom is 0.261 e. The number of aryl methyl sites for hydroxylation is 1. The minimum atomic E-state index is -3.72. The smallest absolute Gasteiger partial charge is 0.261 e. The van der Waals surface area contributed by atoms with Gasteiger partial charge in [0.05, 0.1) is 10.6 Å². The number of rotatable bonds is 5. The second kappa shape index (κ2) is 6.07. The molecule has 0 fully saturated rings. The third-order valence-corrected chi connectivity index (χ3v) is 4.47. The van der Waals surface area contributed by atoms with E-state index in [1.807, 2.05) is 30.8 Å². The summed E-state index contributed by atoms with van der Waals surface area (Å²) >= 11 is 0. The molecule has 0 aliphatic heterocycles. The van der Waals surface area contributed by atoms with Gasteiger partial charge in [-0.2, -0.15) is 5.10 Å². The third-order valence-electron chi connectivity index (χ3n) is 2.99. The molecule has 0 amide bonds. The number of hydrogen-bond donors (Lipinski definition) is 0. The summed E-state index contributed by atoms with van der Waals surface area (Å²) in [6.45, 7) is 6.10. The fourth-order valence-electron chi connectivity index (χ4n) is 1.88. The Bertz CT molecular complexity index is 738. The van der Waals surface area contributed by atoms with Crippen LogP contribution in [0.25, 0.3) is 0 Å². The number of halogens is 1. The molecule has 0 unspecified atom stereocenters. The molecule has 1 aromatic carbocycles. The average Bonchev–Trinajstić information content (AvgIpc) is 2.83. The summed E-state index contributed by atoms with van der Waals surface area (Å²) in [6, 6.07) is 6.87. The monoisotopic (exact) mass is 328 g/mol. The number of benzene rings is 1. The highest BCUT2D eigenvalue weighted by molar-refractivity contribution is 8.13. The quantitative estimate of drug-likeness (QED) is 0.790. The predicted octanol–water partition coefficient (Wildman–Crippen LogP) is 3.28. The molecule has 0 aliphatic carbocycles. The minimum absolute atomic E-state index is 0.0978. The minimum Gasteiger partial charge on any atom is -0.487 e. The van der Waals surface area contributed by atoms with E-state index in [-0.39, 0.29) is 4.90 Å². The molecule has 1 aromatic heterocycles. The molecule has 0 saturated heterocycles. The van der Waals surface area contributed by atoms with Crippen LogP contribution in [-0.4, -0.2) is 18.2 Å². The summed E-state index contributed by atoms with van der Waals surface area (Å²) in [7, 11) is 1.62. The van der Waals surface area contributed by atoms with Crippen LogP contribution >= 0.6 is 10.7 Å². The van der Waals surface area contributed by atoms with E-state index in [0.29, 0.717) is 24.0 Å². The molecule has 1 heterocycles. The standard InChI is InChI=1S/C14H17ClN2O3S/c1-10(2)17-7-6-12(16-17)9-20-13-4-5-14(11(3)8-13)21(15,18)19/h4-8,10H,9H2,1-3H3. The first kappa shape index (κ1) is 15.9. The molecular weight excluding hydrogens is 312 g/mol. The lowest BCUT2D eigenvalue weighted by atomic mass is 10.2. The number of ether oxygens (including phenoxy) is 1. The summed E-state index contributed by atoms with van der Waals surface area (Å²) in [5.74, 6) is 0.579. The molecule has 114 valence electrons. The highest BCUT2D eigenvalue weighted by Crippen LogP contribution is 2.24. The zero-order valence-corrected chi connectivity index (χ0v) is 13.6. The van der Waals surface area contributed by atoms with Crippen LogP contribution in [0.1, 0.15) is 31.1 Å². The first-order valence-electron chi connectivity index (χ1n) is 6.49. The van der Waals surface area contributed by atoms with Crippen molar-refractivity contribution in [2.24, 2.45) is 0 Å². The van der Waals surface area contributed by atoms with Gasteiger partial charge in [-0.1, -0.05) is 0 Å². The zero-order valence-electron chi connectivity index (χ0n) is 12.1. The molecule has 0 saturated carbocycles.